The van der Waals surface area contributed by atoms with Crippen LogP contribution in [0, 0.1) is 12.7 Å². The van der Waals surface area contributed by atoms with Crippen molar-refractivity contribution in [3.05, 3.63) is 41.5 Å². The van der Waals surface area contributed by atoms with E-state index in [1.165, 1.54) is 17.4 Å². The smallest absolute Gasteiger partial charge is 0.282 e. The van der Waals surface area contributed by atoms with E-state index in [0.29, 0.717) is 22.1 Å². The molecule has 8 heteroatoms. The zero-order chi connectivity index (χ0) is 18.0. The lowest BCUT2D eigenvalue weighted by atomic mass is 10.3. The van der Waals surface area contributed by atoms with Crippen molar-refractivity contribution < 1.29 is 13.7 Å². The van der Waals surface area contributed by atoms with Crippen LogP contribution in [0.3, 0.4) is 0 Å². The molecule has 2 heterocycles. The molecule has 0 aliphatic rings. The topological polar surface area (TPSA) is 62.5 Å². The third-order valence-electron chi connectivity index (χ3n) is 3.67. The van der Waals surface area contributed by atoms with E-state index in [2.05, 4.69) is 10.1 Å². The maximum atomic E-state index is 14.0. The number of benzene rings is 1. The van der Waals surface area contributed by atoms with Gasteiger partial charge >= 0.3 is 0 Å². The highest BCUT2D eigenvalue weighted by molar-refractivity contribution is 7.22. The molecule has 0 unspecified atom stereocenters. The Morgan fingerprint density at radius 1 is 1.32 bits per heavy atom. The Labute approximate surface area is 148 Å². The van der Waals surface area contributed by atoms with E-state index < -0.39 is 5.82 Å². The summed E-state index contributed by atoms with van der Waals surface area (Å²) in [4.78, 5) is 20.8. The Balaban J connectivity index is 1.93. The van der Waals surface area contributed by atoms with Gasteiger partial charge in [0.25, 0.3) is 5.91 Å². The van der Waals surface area contributed by atoms with E-state index in [0.717, 1.165) is 13.0 Å². The van der Waals surface area contributed by atoms with Gasteiger partial charge in [-0.25, -0.2) is 9.37 Å². The van der Waals surface area contributed by atoms with Crippen LogP contribution >= 0.6 is 11.3 Å². The molecule has 0 radical (unpaired) electrons. The Morgan fingerprint density at radius 2 is 2.12 bits per heavy atom. The molecule has 3 rings (SSSR count). The van der Waals surface area contributed by atoms with Crippen molar-refractivity contribution >= 4 is 32.6 Å². The van der Waals surface area contributed by atoms with Gasteiger partial charge in [0.05, 0.1) is 4.70 Å². The molecule has 132 valence electrons. The van der Waals surface area contributed by atoms with Crippen molar-refractivity contribution in [2.45, 2.75) is 13.3 Å². The van der Waals surface area contributed by atoms with Gasteiger partial charge in [0.15, 0.2) is 10.8 Å². The zero-order valence-electron chi connectivity index (χ0n) is 14.3. The van der Waals surface area contributed by atoms with Gasteiger partial charge in [0, 0.05) is 12.6 Å². The van der Waals surface area contributed by atoms with Gasteiger partial charge < -0.3 is 9.42 Å². The van der Waals surface area contributed by atoms with Crippen molar-refractivity contribution in [3.63, 3.8) is 0 Å². The zero-order valence-corrected chi connectivity index (χ0v) is 15.1. The summed E-state index contributed by atoms with van der Waals surface area (Å²) in [5.41, 5.74) is 0.506. The average molecular weight is 362 g/mol. The first-order valence-electron chi connectivity index (χ1n) is 7.90. The van der Waals surface area contributed by atoms with E-state index >= 15 is 0 Å². The normalized spacial score (nSPS) is 11.4. The maximum absolute atomic E-state index is 14.0. The summed E-state index contributed by atoms with van der Waals surface area (Å²) in [7, 11) is 3.94. The van der Waals surface area contributed by atoms with E-state index in [1.807, 2.05) is 19.0 Å². The van der Waals surface area contributed by atoms with Gasteiger partial charge in [-0.3, -0.25) is 9.69 Å². The lowest BCUT2D eigenvalue weighted by molar-refractivity contribution is 0.0977. The number of aryl methyl sites for hydroxylation is 1. The Kier molecular flexibility index (Phi) is 5.10. The van der Waals surface area contributed by atoms with Crippen molar-refractivity contribution in [2.75, 3.05) is 32.1 Å². The molecule has 3 aromatic rings. The number of halogens is 1. The molecule has 0 saturated heterocycles. The molecule has 0 fully saturated rings. The lowest BCUT2D eigenvalue weighted by Gasteiger charge is -2.19. The fourth-order valence-electron chi connectivity index (χ4n) is 2.45. The number of anilines is 1. The number of fused-ring (bicyclic) bond motifs is 1. The van der Waals surface area contributed by atoms with Gasteiger partial charge in [-0.05, 0) is 46.1 Å². The molecule has 0 N–H and O–H groups in total. The second-order valence-electron chi connectivity index (χ2n) is 6.02. The predicted molar refractivity (Wildman–Crippen MR) is 95.7 cm³/mol. The number of carbonyl (C=O) groups excluding carboxylic acids is 1. The fourth-order valence-corrected chi connectivity index (χ4v) is 3.46. The highest BCUT2D eigenvalue weighted by Gasteiger charge is 2.24. The van der Waals surface area contributed by atoms with Gasteiger partial charge in [0.1, 0.15) is 17.1 Å². The molecule has 0 aliphatic carbocycles. The van der Waals surface area contributed by atoms with Crippen LogP contribution in [0.15, 0.2) is 28.8 Å². The van der Waals surface area contributed by atoms with Gasteiger partial charge in [-0.15, -0.1) is 0 Å². The van der Waals surface area contributed by atoms with Crippen LogP contribution in [0.4, 0.5) is 9.52 Å². The lowest BCUT2D eigenvalue weighted by Crippen LogP contribution is -2.33. The predicted octanol–water partition coefficient (Wildman–Crippen LogP) is 3.33. The number of aromatic nitrogens is 2. The molecular weight excluding hydrogens is 343 g/mol. The first kappa shape index (κ1) is 17.5. The summed E-state index contributed by atoms with van der Waals surface area (Å²) in [6, 6.07) is 6.39. The van der Waals surface area contributed by atoms with Crippen molar-refractivity contribution in [1.82, 2.24) is 15.0 Å². The Bertz CT molecular complexity index is 890. The second-order valence-corrected chi connectivity index (χ2v) is 7.03. The molecule has 1 amide bonds. The third kappa shape index (κ3) is 3.85. The Morgan fingerprint density at radius 3 is 2.76 bits per heavy atom. The first-order chi connectivity index (χ1) is 12.0. The average Bonchev–Trinajstić information content (AvgIpc) is 3.18. The van der Waals surface area contributed by atoms with E-state index in [9.17, 15) is 9.18 Å². The number of amides is 1. The number of thiazole rings is 1. The SMILES string of the molecule is Cc1cc(C(=O)N(CCCN(C)C)c2nc3c(F)cccc3s2)no1. The minimum atomic E-state index is -0.391. The molecular formula is C17H19FN4O2S. The highest BCUT2D eigenvalue weighted by Crippen LogP contribution is 2.31. The number of rotatable bonds is 6. The molecule has 0 atom stereocenters. The minimum absolute atomic E-state index is 0.224. The largest absolute Gasteiger partial charge is 0.361 e. The number of para-hydroxylation sites is 1. The number of hydrogen-bond acceptors (Lipinski definition) is 6. The van der Waals surface area contributed by atoms with Gasteiger partial charge in [0.2, 0.25) is 0 Å². The van der Waals surface area contributed by atoms with E-state index in [4.69, 9.17) is 4.52 Å². The summed E-state index contributed by atoms with van der Waals surface area (Å²) in [5, 5.41) is 4.27. The summed E-state index contributed by atoms with van der Waals surface area (Å²) < 4.78 is 19.7. The summed E-state index contributed by atoms with van der Waals surface area (Å²) >= 11 is 1.29. The van der Waals surface area contributed by atoms with Crippen LogP contribution in [0.25, 0.3) is 10.2 Å². The summed E-state index contributed by atoms with van der Waals surface area (Å²) in [6.45, 7) is 3.01. The number of hydrogen-bond donors (Lipinski definition) is 0. The molecule has 6 nitrogen and oxygen atoms in total. The standard InChI is InChI=1S/C17H19FN4O2S/c1-11-10-13(20-24-11)16(23)22(9-5-8-21(2)3)17-19-15-12(18)6-4-7-14(15)25-17/h4,6-7,10H,5,8-9H2,1-3H3. The quantitative estimate of drug-likeness (QED) is 0.673. The van der Waals surface area contributed by atoms with Gasteiger partial charge in [-0.1, -0.05) is 22.6 Å². The Hall–Kier alpha value is -2.32. The van der Waals surface area contributed by atoms with Gasteiger partial charge in [-0.2, -0.15) is 0 Å². The molecule has 0 aliphatic heterocycles. The molecule has 0 spiro atoms. The molecule has 1 aromatic carbocycles. The van der Waals surface area contributed by atoms with Crippen LogP contribution in [-0.2, 0) is 0 Å². The second kappa shape index (κ2) is 7.28. The van der Waals surface area contributed by atoms with Crippen LogP contribution < -0.4 is 4.90 Å². The number of carbonyl (C=O) groups is 1. The minimum Gasteiger partial charge on any atom is -0.361 e. The van der Waals surface area contributed by atoms with Crippen LogP contribution in [0.1, 0.15) is 22.7 Å². The molecule has 0 bridgehead atoms. The molecule has 2 aromatic heterocycles. The highest BCUT2D eigenvalue weighted by atomic mass is 32.1. The summed E-state index contributed by atoms with van der Waals surface area (Å²) in [5.74, 6) is -0.125. The molecule has 25 heavy (non-hydrogen) atoms. The number of nitrogens with zero attached hydrogens (tertiary/aromatic N) is 4. The van der Waals surface area contributed by atoms with Crippen LogP contribution in [0.5, 0.6) is 0 Å². The third-order valence-corrected chi connectivity index (χ3v) is 4.71. The van der Waals surface area contributed by atoms with Crippen molar-refractivity contribution in [1.29, 1.82) is 0 Å². The fraction of sp³-hybridized carbons (Fsp3) is 0.353. The van der Waals surface area contributed by atoms with E-state index in [1.54, 1.807) is 30.0 Å². The van der Waals surface area contributed by atoms with Crippen LogP contribution in [0.2, 0.25) is 0 Å². The summed E-state index contributed by atoms with van der Waals surface area (Å²) in [6.07, 6.45) is 0.758. The monoisotopic (exact) mass is 362 g/mol. The van der Waals surface area contributed by atoms with E-state index in [-0.39, 0.29) is 17.1 Å². The van der Waals surface area contributed by atoms with Crippen molar-refractivity contribution in [2.24, 2.45) is 0 Å². The van der Waals surface area contributed by atoms with Crippen LogP contribution in [-0.4, -0.2) is 48.1 Å². The molecule has 0 saturated carbocycles. The maximum Gasteiger partial charge on any atom is 0.282 e. The first-order valence-corrected chi connectivity index (χ1v) is 8.72. The van der Waals surface area contributed by atoms with Crippen molar-refractivity contribution in [3.8, 4) is 0 Å².